The lowest BCUT2D eigenvalue weighted by Gasteiger charge is -2.36. The summed E-state index contributed by atoms with van der Waals surface area (Å²) in [5.41, 5.74) is 3.25. The first-order chi connectivity index (χ1) is 14.5. The number of likely N-dealkylation sites (tertiary alicyclic amines) is 1. The molecule has 0 bridgehead atoms. The molecule has 3 aliphatic heterocycles. The second-order valence-corrected chi connectivity index (χ2v) is 9.11. The summed E-state index contributed by atoms with van der Waals surface area (Å²) < 4.78 is 7.23. The molecule has 1 amide bonds. The molecule has 0 aliphatic carbocycles. The van der Waals surface area contributed by atoms with Gasteiger partial charge in [-0.3, -0.25) is 19.6 Å². The lowest BCUT2D eigenvalue weighted by atomic mass is 9.98. The zero-order valence-corrected chi connectivity index (χ0v) is 17.9. The maximum atomic E-state index is 13.1. The number of aromatic amines is 1. The van der Waals surface area contributed by atoms with E-state index in [9.17, 15) is 9.59 Å². The second-order valence-electron chi connectivity index (χ2n) is 9.11. The van der Waals surface area contributed by atoms with Crippen LogP contribution in [0, 0.1) is 0 Å². The summed E-state index contributed by atoms with van der Waals surface area (Å²) in [6.07, 6.45) is 5.12. The molecule has 3 aliphatic rings. The molecule has 0 unspecified atom stereocenters. The van der Waals surface area contributed by atoms with Crippen molar-refractivity contribution in [3.63, 3.8) is 0 Å². The minimum atomic E-state index is -0.315. The van der Waals surface area contributed by atoms with Gasteiger partial charge < -0.3 is 9.64 Å². The molecule has 2 atom stereocenters. The highest BCUT2D eigenvalue weighted by molar-refractivity contribution is 5.81. The van der Waals surface area contributed by atoms with Crippen molar-refractivity contribution in [2.75, 3.05) is 19.7 Å². The summed E-state index contributed by atoms with van der Waals surface area (Å²) >= 11 is 0. The summed E-state index contributed by atoms with van der Waals surface area (Å²) in [5.74, 6) is 0.0861. The summed E-state index contributed by atoms with van der Waals surface area (Å²) in [5, 5.41) is 3.29. The Hall–Kier alpha value is -2.19. The van der Waals surface area contributed by atoms with E-state index >= 15 is 0 Å². The fourth-order valence-electron chi connectivity index (χ4n) is 5.12. The molecule has 5 rings (SSSR count). The molecule has 0 saturated carbocycles. The van der Waals surface area contributed by atoms with E-state index in [0.29, 0.717) is 24.8 Å². The summed E-state index contributed by atoms with van der Waals surface area (Å²) in [6.45, 7) is 7.35. The van der Waals surface area contributed by atoms with Crippen LogP contribution >= 0.6 is 0 Å². The number of hydrogen-bond acceptors (Lipinski definition) is 5. The first-order valence-corrected chi connectivity index (χ1v) is 11.3. The predicted octanol–water partition coefficient (Wildman–Crippen LogP) is 2.02. The third-order valence-corrected chi connectivity index (χ3v) is 6.90. The van der Waals surface area contributed by atoms with Crippen molar-refractivity contribution >= 4 is 11.6 Å². The van der Waals surface area contributed by atoms with E-state index in [2.05, 4.69) is 23.8 Å². The molecule has 2 aromatic rings. The van der Waals surface area contributed by atoms with Crippen molar-refractivity contribution in [1.29, 1.82) is 0 Å². The number of piperidine rings is 1. The molecular weight excluding hydrogens is 382 g/mol. The van der Waals surface area contributed by atoms with Crippen LogP contribution in [0.2, 0.25) is 0 Å². The number of nitrogens with one attached hydrogen (secondary N) is 1. The van der Waals surface area contributed by atoms with Crippen LogP contribution in [0.1, 0.15) is 68.9 Å². The van der Waals surface area contributed by atoms with Crippen LogP contribution in [-0.2, 0) is 22.5 Å². The van der Waals surface area contributed by atoms with Crippen LogP contribution in [0.25, 0.3) is 5.65 Å². The molecular formula is C22H31N5O3. The zero-order valence-electron chi connectivity index (χ0n) is 17.9. The van der Waals surface area contributed by atoms with Gasteiger partial charge in [0.2, 0.25) is 0 Å². The van der Waals surface area contributed by atoms with Crippen LogP contribution in [0.15, 0.2) is 10.9 Å². The Morgan fingerprint density at radius 1 is 1.23 bits per heavy atom. The summed E-state index contributed by atoms with van der Waals surface area (Å²) in [7, 11) is 0. The second kappa shape index (κ2) is 7.81. The third-order valence-electron chi connectivity index (χ3n) is 6.90. The van der Waals surface area contributed by atoms with Crippen molar-refractivity contribution in [1.82, 2.24) is 24.4 Å². The first kappa shape index (κ1) is 19.8. The van der Waals surface area contributed by atoms with Crippen LogP contribution in [0.3, 0.4) is 0 Å². The lowest BCUT2D eigenvalue weighted by molar-refractivity contribution is -0.145. The van der Waals surface area contributed by atoms with E-state index in [0.717, 1.165) is 68.6 Å². The monoisotopic (exact) mass is 413 g/mol. The molecule has 8 nitrogen and oxygen atoms in total. The van der Waals surface area contributed by atoms with Gasteiger partial charge in [-0.1, -0.05) is 0 Å². The number of carbonyl (C=O) groups excluding carboxylic acids is 1. The van der Waals surface area contributed by atoms with Gasteiger partial charge in [-0.2, -0.15) is 0 Å². The van der Waals surface area contributed by atoms with Gasteiger partial charge in [0.05, 0.1) is 17.4 Å². The van der Waals surface area contributed by atoms with Crippen molar-refractivity contribution in [3.05, 3.63) is 33.4 Å². The molecule has 30 heavy (non-hydrogen) atoms. The molecule has 2 aromatic heterocycles. The highest BCUT2D eigenvalue weighted by Crippen LogP contribution is 2.32. The molecule has 0 aromatic carbocycles. The number of aromatic nitrogens is 3. The van der Waals surface area contributed by atoms with E-state index < -0.39 is 0 Å². The number of rotatable bonds is 3. The van der Waals surface area contributed by atoms with Crippen molar-refractivity contribution in [2.24, 2.45) is 0 Å². The van der Waals surface area contributed by atoms with Gasteiger partial charge in [-0.05, 0) is 52.4 Å². The Kier molecular flexibility index (Phi) is 5.14. The highest BCUT2D eigenvalue weighted by Gasteiger charge is 2.35. The van der Waals surface area contributed by atoms with Gasteiger partial charge in [0.15, 0.2) is 5.65 Å². The quantitative estimate of drug-likeness (QED) is 0.832. The third kappa shape index (κ3) is 3.36. The van der Waals surface area contributed by atoms with Gasteiger partial charge >= 0.3 is 0 Å². The van der Waals surface area contributed by atoms with Crippen LogP contribution < -0.4 is 5.56 Å². The fraction of sp³-hybridized carbons (Fsp3) is 0.682. The van der Waals surface area contributed by atoms with E-state index in [1.165, 1.54) is 0 Å². The van der Waals surface area contributed by atoms with Crippen molar-refractivity contribution in [2.45, 2.75) is 77.1 Å². The number of hydrogen-bond donors (Lipinski definition) is 1. The topological polar surface area (TPSA) is 82.9 Å². The number of fused-ring (bicyclic) bond motifs is 2. The number of H-pyrrole nitrogens is 1. The minimum Gasteiger partial charge on any atom is -0.368 e. The standard InChI is InChI=1S/C22H31N5O3/c1-14(2)25-10-8-15-17(13-25)23-20-12-16(24-27(20)21(15)28)18-6-3-4-9-26(18)22(29)19-7-5-11-30-19/h12,14,18-19,24H,3-11,13H2,1-2H3/t18-,19-/m1/s1. The maximum absolute atomic E-state index is 13.1. The van der Waals surface area contributed by atoms with Gasteiger partial charge in [-0.25, -0.2) is 9.50 Å². The Balaban J connectivity index is 1.49. The molecule has 1 N–H and O–H groups in total. The number of ether oxygens (including phenoxy) is 1. The largest absolute Gasteiger partial charge is 0.368 e. The summed E-state index contributed by atoms with van der Waals surface area (Å²) in [6, 6.07) is 2.34. The normalized spacial score (nSPS) is 25.2. The Morgan fingerprint density at radius 2 is 2.10 bits per heavy atom. The molecule has 0 spiro atoms. The van der Waals surface area contributed by atoms with Crippen molar-refractivity contribution < 1.29 is 9.53 Å². The van der Waals surface area contributed by atoms with Crippen LogP contribution in [-0.4, -0.2) is 62.1 Å². The molecule has 2 saturated heterocycles. The van der Waals surface area contributed by atoms with E-state index in [4.69, 9.17) is 9.72 Å². The van der Waals surface area contributed by atoms with Crippen molar-refractivity contribution in [3.8, 4) is 0 Å². The molecule has 5 heterocycles. The Bertz CT molecular complexity index is 1000. The Morgan fingerprint density at radius 3 is 2.87 bits per heavy atom. The van der Waals surface area contributed by atoms with Crippen LogP contribution in [0.4, 0.5) is 0 Å². The lowest BCUT2D eigenvalue weighted by Crippen LogP contribution is -2.44. The maximum Gasteiger partial charge on any atom is 0.276 e. The van der Waals surface area contributed by atoms with Gasteiger partial charge in [0.25, 0.3) is 11.5 Å². The number of nitrogens with zero attached hydrogens (tertiary/aromatic N) is 4. The Labute approximate surface area is 176 Å². The predicted molar refractivity (Wildman–Crippen MR) is 112 cm³/mol. The number of amides is 1. The molecule has 162 valence electrons. The average molecular weight is 414 g/mol. The van der Waals surface area contributed by atoms with E-state index in [1.54, 1.807) is 4.52 Å². The number of carbonyl (C=O) groups is 1. The molecule has 8 heteroatoms. The zero-order chi connectivity index (χ0) is 20.8. The van der Waals surface area contributed by atoms with E-state index in [1.807, 2.05) is 11.0 Å². The molecule has 2 fully saturated rings. The summed E-state index contributed by atoms with van der Waals surface area (Å²) in [4.78, 5) is 35.4. The minimum absolute atomic E-state index is 0.00234. The fourth-order valence-corrected chi connectivity index (χ4v) is 5.12. The highest BCUT2D eigenvalue weighted by atomic mass is 16.5. The van der Waals surface area contributed by atoms with Gasteiger partial charge in [0.1, 0.15) is 6.10 Å². The molecule has 0 radical (unpaired) electrons. The van der Waals surface area contributed by atoms with Gasteiger partial charge in [0, 0.05) is 43.9 Å². The SMILES string of the molecule is CC(C)N1CCc2c(nc3cc([C@H]4CCCCN4C(=O)[C@H]4CCCO4)[nH]n3c2=O)C1. The van der Waals surface area contributed by atoms with Gasteiger partial charge in [-0.15, -0.1) is 0 Å². The smallest absolute Gasteiger partial charge is 0.276 e. The van der Waals surface area contributed by atoms with Crippen LogP contribution in [0.5, 0.6) is 0 Å². The average Bonchev–Trinajstić information content (AvgIpc) is 3.43. The first-order valence-electron chi connectivity index (χ1n) is 11.3. The van der Waals surface area contributed by atoms with E-state index in [-0.39, 0.29) is 23.6 Å².